The summed E-state index contributed by atoms with van der Waals surface area (Å²) in [7, 11) is 2.19. The van der Waals surface area contributed by atoms with Gasteiger partial charge in [-0.1, -0.05) is 6.07 Å². The zero-order valence-corrected chi connectivity index (χ0v) is 13.6. The first-order valence-corrected chi connectivity index (χ1v) is 4.48. The van der Waals surface area contributed by atoms with Crippen LogP contribution < -0.4 is 0 Å². The molecule has 0 aromatic carbocycles. The normalized spacial score (nSPS) is 22.7. The third-order valence-corrected chi connectivity index (χ3v) is 2.59. The Bertz CT molecular complexity index is 250. The Balaban J connectivity index is 0.000000845. The maximum absolute atomic E-state index is 4.14. The summed E-state index contributed by atoms with van der Waals surface area (Å²) < 4.78 is 0. The summed E-state index contributed by atoms with van der Waals surface area (Å²) in [6.07, 6.45) is 6.41. The van der Waals surface area contributed by atoms with E-state index in [1.165, 1.54) is 24.9 Å². The van der Waals surface area contributed by atoms with Crippen molar-refractivity contribution in [3.63, 3.8) is 0 Å². The van der Waals surface area contributed by atoms with Crippen LogP contribution in [0.4, 0.5) is 0 Å². The molecule has 2 radical (unpaired) electrons. The molecular formula is C10H16N2Pb. The predicted molar refractivity (Wildman–Crippen MR) is 57.4 cm³/mol. The number of rotatable bonds is 1. The third kappa shape index (κ3) is 2.49. The summed E-state index contributed by atoms with van der Waals surface area (Å²) in [4.78, 5) is 6.54. The molecule has 1 atom stereocenters. The molecule has 0 spiro atoms. The molecule has 1 aliphatic heterocycles. The molecule has 0 saturated carbocycles. The van der Waals surface area contributed by atoms with Gasteiger partial charge in [-0.3, -0.25) is 9.88 Å². The molecule has 0 bridgehead atoms. The predicted octanol–water partition coefficient (Wildman–Crippen LogP) is 0.932. The van der Waals surface area contributed by atoms with E-state index in [4.69, 9.17) is 0 Å². The summed E-state index contributed by atoms with van der Waals surface area (Å²) in [5.74, 6) is 0. The molecule has 1 aromatic heterocycles. The average molecular weight is 371 g/mol. The van der Waals surface area contributed by atoms with E-state index < -0.39 is 0 Å². The molecule has 13 heavy (non-hydrogen) atoms. The van der Waals surface area contributed by atoms with Crippen LogP contribution in [0.3, 0.4) is 0 Å². The van der Waals surface area contributed by atoms with Crippen molar-refractivity contribution < 1.29 is 0 Å². The molecule has 1 aliphatic rings. The van der Waals surface area contributed by atoms with Crippen LogP contribution in [-0.4, -0.2) is 50.8 Å². The van der Waals surface area contributed by atoms with Gasteiger partial charge in [0, 0.05) is 18.4 Å². The van der Waals surface area contributed by atoms with E-state index in [-0.39, 0.29) is 27.3 Å². The monoisotopic (exact) mass is 372 g/mol. The summed E-state index contributed by atoms with van der Waals surface area (Å²) in [5.41, 5.74) is 1.36. The van der Waals surface area contributed by atoms with E-state index in [2.05, 4.69) is 23.0 Å². The Labute approximate surface area is 99.5 Å². The molecule has 0 unspecified atom stereocenters. The summed E-state index contributed by atoms with van der Waals surface area (Å²) in [5, 5.41) is 0. The molecule has 0 amide bonds. The van der Waals surface area contributed by atoms with Gasteiger partial charge in [-0.25, -0.2) is 0 Å². The van der Waals surface area contributed by atoms with Crippen LogP contribution in [-0.2, 0) is 0 Å². The van der Waals surface area contributed by atoms with Crippen molar-refractivity contribution in [3.05, 3.63) is 30.1 Å². The first-order valence-electron chi connectivity index (χ1n) is 4.48. The minimum absolute atomic E-state index is 0. The van der Waals surface area contributed by atoms with Crippen LogP contribution in [0.25, 0.3) is 0 Å². The Morgan fingerprint density at radius 1 is 1.54 bits per heavy atom. The van der Waals surface area contributed by atoms with E-state index in [9.17, 15) is 0 Å². The summed E-state index contributed by atoms with van der Waals surface area (Å²) >= 11 is 0. The van der Waals surface area contributed by atoms with E-state index in [1.807, 2.05) is 18.5 Å². The van der Waals surface area contributed by atoms with Crippen molar-refractivity contribution in [1.29, 1.82) is 0 Å². The Morgan fingerprint density at radius 2 is 2.38 bits per heavy atom. The Hall–Kier alpha value is 0.0321. The maximum atomic E-state index is 4.14. The van der Waals surface area contributed by atoms with Gasteiger partial charge in [-0.15, -0.1) is 0 Å². The van der Waals surface area contributed by atoms with E-state index in [0.717, 1.165) is 0 Å². The van der Waals surface area contributed by atoms with Crippen LogP contribution >= 0.6 is 0 Å². The molecule has 1 fully saturated rings. The Morgan fingerprint density at radius 3 is 2.92 bits per heavy atom. The number of hydrogen-bond donors (Lipinski definition) is 0. The van der Waals surface area contributed by atoms with Gasteiger partial charge in [0.25, 0.3) is 0 Å². The van der Waals surface area contributed by atoms with E-state index in [1.54, 1.807) is 0 Å². The second-order valence-corrected chi connectivity index (χ2v) is 3.42. The topological polar surface area (TPSA) is 16.1 Å². The fourth-order valence-corrected chi connectivity index (χ4v) is 1.90. The van der Waals surface area contributed by atoms with Crippen molar-refractivity contribution in [3.8, 4) is 0 Å². The quantitative estimate of drug-likeness (QED) is 0.683. The number of pyridine rings is 1. The second kappa shape index (κ2) is 5.05. The van der Waals surface area contributed by atoms with Gasteiger partial charge in [0.1, 0.15) is 0 Å². The summed E-state index contributed by atoms with van der Waals surface area (Å²) in [6.45, 7) is 1.22. The minimum atomic E-state index is 0. The molecule has 3 heteroatoms. The standard InChI is InChI=1S/C10H14N2.Pb.2H/c1-12-7-3-5-10(12)9-4-2-6-11-8-9;;;/h2,4,6,8,10H,3,5,7H2,1H3;;;/t10-;;;/m0.../s1. The molecule has 70 valence electrons. The molecule has 2 rings (SSSR count). The molecule has 1 aromatic rings. The van der Waals surface area contributed by atoms with Crippen LogP contribution in [0.5, 0.6) is 0 Å². The van der Waals surface area contributed by atoms with Gasteiger partial charge in [0.05, 0.1) is 0 Å². The summed E-state index contributed by atoms with van der Waals surface area (Å²) in [6, 6.07) is 4.79. The first-order chi connectivity index (χ1) is 5.88. The van der Waals surface area contributed by atoms with Crippen molar-refractivity contribution in [2.75, 3.05) is 13.6 Å². The van der Waals surface area contributed by atoms with Crippen LogP contribution in [0.15, 0.2) is 24.5 Å². The van der Waals surface area contributed by atoms with Crippen LogP contribution in [0.2, 0.25) is 0 Å². The van der Waals surface area contributed by atoms with E-state index >= 15 is 0 Å². The van der Waals surface area contributed by atoms with Gasteiger partial charge < -0.3 is 0 Å². The SMILES string of the molecule is CN1CCC[C@H]1c1cccnc1.[PbH2]. The van der Waals surface area contributed by atoms with Crippen LogP contribution in [0.1, 0.15) is 24.4 Å². The van der Waals surface area contributed by atoms with Gasteiger partial charge in [-0.2, -0.15) is 0 Å². The van der Waals surface area contributed by atoms with Gasteiger partial charge >= 0.3 is 27.3 Å². The third-order valence-electron chi connectivity index (χ3n) is 2.59. The molecule has 2 heterocycles. The van der Waals surface area contributed by atoms with Crippen molar-refractivity contribution in [2.45, 2.75) is 18.9 Å². The van der Waals surface area contributed by atoms with Gasteiger partial charge in [0.15, 0.2) is 0 Å². The van der Waals surface area contributed by atoms with Gasteiger partial charge in [0.2, 0.25) is 0 Å². The fraction of sp³-hybridized carbons (Fsp3) is 0.500. The van der Waals surface area contributed by atoms with Crippen molar-refractivity contribution >= 4 is 27.3 Å². The zero-order valence-electron chi connectivity index (χ0n) is 8.11. The fourth-order valence-electron chi connectivity index (χ4n) is 1.90. The van der Waals surface area contributed by atoms with Crippen molar-refractivity contribution in [1.82, 2.24) is 9.88 Å². The zero-order chi connectivity index (χ0) is 8.39. The molecule has 2 nitrogen and oxygen atoms in total. The molecule has 0 aliphatic carbocycles. The second-order valence-electron chi connectivity index (χ2n) is 3.42. The average Bonchev–Trinajstić information content (AvgIpc) is 2.53. The number of aromatic nitrogens is 1. The first kappa shape index (κ1) is 11.1. The number of hydrogen-bond acceptors (Lipinski definition) is 2. The van der Waals surface area contributed by atoms with Crippen molar-refractivity contribution in [2.24, 2.45) is 0 Å². The molecule has 0 N–H and O–H groups in total. The number of nitrogens with zero attached hydrogens (tertiary/aromatic N) is 2. The van der Waals surface area contributed by atoms with E-state index in [0.29, 0.717) is 6.04 Å². The molecule has 1 saturated heterocycles. The van der Waals surface area contributed by atoms with Crippen LogP contribution in [0, 0.1) is 0 Å². The molecular weight excluding hydrogens is 355 g/mol. The number of likely N-dealkylation sites (tertiary alicyclic amines) is 1. The Kier molecular flexibility index (Phi) is 4.31. The van der Waals surface area contributed by atoms with Gasteiger partial charge in [-0.05, 0) is 38.1 Å².